The van der Waals surface area contributed by atoms with E-state index in [-0.39, 0.29) is 59.9 Å². The minimum absolute atomic E-state index is 0.0567. The highest BCUT2D eigenvalue weighted by atomic mass is 32.7. The Balaban J connectivity index is 0.833. The van der Waals surface area contributed by atoms with Crippen molar-refractivity contribution in [2.24, 2.45) is 0 Å². The van der Waals surface area contributed by atoms with Crippen LogP contribution in [-0.2, 0) is 78.1 Å². The van der Waals surface area contributed by atoms with Gasteiger partial charge in [-0.2, -0.15) is 0 Å². The number of aryl methyl sites for hydroxylation is 5. The van der Waals surface area contributed by atoms with E-state index in [4.69, 9.17) is 59.9 Å². The second-order valence-electron chi connectivity index (χ2n) is 23.1. The number of H-pyrrole nitrogens is 5. The first-order valence-electron chi connectivity index (χ1n) is 29.1. The highest BCUT2D eigenvalue weighted by molar-refractivity contribution is 8.45. The second-order valence-corrected chi connectivity index (χ2v) is 34.6. The van der Waals surface area contributed by atoms with Crippen LogP contribution in [-0.4, -0.2) is 140 Å². The Morgan fingerprint density at radius 1 is 0.385 bits per heavy atom. The summed E-state index contributed by atoms with van der Waals surface area (Å²) in [4.78, 5) is 137. The maximum atomic E-state index is 14.5. The lowest BCUT2D eigenvalue weighted by atomic mass is 10.2. The minimum atomic E-state index is -4.77. The molecule has 5 saturated heterocycles. The van der Waals surface area contributed by atoms with Crippen LogP contribution in [0.2, 0.25) is 0 Å². The molecule has 528 valence electrons. The third-order valence-corrected chi connectivity index (χ3v) is 22.6. The van der Waals surface area contributed by atoms with Crippen molar-refractivity contribution in [3.63, 3.8) is 0 Å². The number of rotatable bonds is 25. The molecule has 0 radical (unpaired) electrons. The van der Waals surface area contributed by atoms with Crippen LogP contribution in [0.3, 0.4) is 0 Å². The van der Waals surface area contributed by atoms with Crippen LogP contribution in [0.25, 0.3) is 0 Å². The quantitative estimate of drug-likeness (QED) is 0.0294. The number of aliphatic hydroxyl groups is 1. The lowest BCUT2D eigenvalue weighted by Gasteiger charge is -2.26. The van der Waals surface area contributed by atoms with E-state index >= 15 is 0 Å². The van der Waals surface area contributed by atoms with Crippen molar-refractivity contribution in [1.29, 1.82) is 0 Å². The van der Waals surface area contributed by atoms with Gasteiger partial charge < -0.3 is 28.8 Å². The van der Waals surface area contributed by atoms with Crippen molar-refractivity contribution < 1.29 is 83.2 Å². The number of aromatic nitrogens is 10. The van der Waals surface area contributed by atoms with Crippen molar-refractivity contribution in [2.45, 2.75) is 166 Å². The van der Waals surface area contributed by atoms with Gasteiger partial charge in [0.25, 0.3) is 27.8 Å². The van der Waals surface area contributed by atoms with Crippen LogP contribution in [0.1, 0.15) is 98.0 Å². The zero-order valence-electron chi connectivity index (χ0n) is 51.2. The van der Waals surface area contributed by atoms with Gasteiger partial charge in [0.15, 0.2) is 0 Å². The zero-order chi connectivity index (χ0) is 69.8. The van der Waals surface area contributed by atoms with Crippen LogP contribution in [0.15, 0.2) is 78.9 Å². The lowest BCUT2D eigenvalue weighted by molar-refractivity contribution is -0.0535. The van der Waals surface area contributed by atoms with Gasteiger partial charge in [-0.15, -0.1) is 0 Å². The summed E-state index contributed by atoms with van der Waals surface area (Å²) in [5.41, 5.74) is -7.15. The Labute approximate surface area is 559 Å². The summed E-state index contributed by atoms with van der Waals surface area (Å²) in [6, 6.07) is 0. The molecule has 0 unspecified atom stereocenters. The van der Waals surface area contributed by atoms with Crippen molar-refractivity contribution in [2.75, 3.05) is 26.4 Å². The summed E-state index contributed by atoms with van der Waals surface area (Å²) in [7, 11) is 0. The van der Waals surface area contributed by atoms with Crippen LogP contribution >= 0.6 is 76.2 Å². The number of thiol groups is 4. The fourth-order valence-electron chi connectivity index (χ4n) is 11.0. The number of ether oxygens (including phenoxy) is 5. The molecule has 19 atom stereocenters. The largest absolute Gasteiger partial charge is 0.390 e. The van der Waals surface area contributed by atoms with E-state index in [9.17, 15) is 71.3 Å². The normalized spacial score (nSPS) is 30.1. The molecule has 5 fully saturated rings. The van der Waals surface area contributed by atoms with Gasteiger partial charge in [-0.1, -0.05) is 49.0 Å². The summed E-state index contributed by atoms with van der Waals surface area (Å²) >= 11 is 16.7. The molecular formula is C50H66N10O28P4S4. The van der Waals surface area contributed by atoms with E-state index < -0.39 is 202 Å². The van der Waals surface area contributed by atoms with E-state index in [0.717, 1.165) is 22.8 Å². The van der Waals surface area contributed by atoms with Crippen LogP contribution in [0.4, 0.5) is 0 Å². The van der Waals surface area contributed by atoms with E-state index in [1.807, 2.05) is 0 Å². The predicted molar refractivity (Wildman–Crippen MR) is 344 cm³/mol. The molecule has 0 spiro atoms. The smallest absolute Gasteiger partial charge is 0.386 e. The summed E-state index contributed by atoms with van der Waals surface area (Å²) in [6.45, 7) is -12.7. The number of aromatic amines is 5. The molecule has 5 aromatic heterocycles. The zero-order valence-corrected chi connectivity index (χ0v) is 58.4. The molecule has 0 bridgehead atoms. The minimum Gasteiger partial charge on any atom is -0.390 e. The number of nitrogens with zero attached hydrogens (tertiary/aromatic N) is 5. The maximum Gasteiger partial charge on any atom is 0.386 e. The first-order valence-corrected chi connectivity index (χ1v) is 39.9. The standard InChI is InChI=1S/C50H66N10O28P4S4/c1-21-12-56(46(67)51-41(21)62)36-7-27(61)32(81-36)17-76-90(73,94)86-29-9-38(58-14-23(3)43(64)53-48(58)69)83-34(29)19-78-92(75,96)88-31-11-40(60-16-25(5)45(66)55-50(60)71)84-35(31)20-79-91(74,95)87-30-10-39(59-15-24(4)44(65)54-49(59)70)82-33(30)18-77-89(72,93)85-28-8-37(80-26(28)6)57-13-22(2)42(63)52-47(57)68/h12-16,26-40,61H,7-11,17-20H2,1-6H3,(H,72,93)(H,73,94)(H,74,95)(H,75,96)(H,51,62,67)(H,52,63,68)(H,53,64,69)(H,54,65,70)(H,55,66,71)/t26-,27+,28+,29+,30+,31+,32-,33-,34-,35-,36-,37-,38-,39-,40-,89-,90-,91-,92-/m1/s1. The molecule has 38 nitrogen and oxygen atoms in total. The van der Waals surface area contributed by atoms with Gasteiger partial charge in [0.2, 0.25) is 0 Å². The lowest BCUT2D eigenvalue weighted by Crippen LogP contribution is -2.33. The fraction of sp³-hybridized carbons (Fsp3) is 0.600. The molecule has 5 aliphatic rings. The van der Waals surface area contributed by atoms with Crippen LogP contribution in [0.5, 0.6) is 0 Å². The van der Waals surface area contributed by atoms with Gasteiger partial charge >= 0.3 is 55.6 Å². The first-order chi connectivity index (χ1) is 44.9. The molecule has 96 heavy (non-hydrogen) atoms. The number of hydrogen-bond acceptors (Lipinski definition) is 28. The molecule has 0 aromatic carbocycles. The summed E-state index contributed by atoms with van der Waals surface area (Å²) in [6.07, 6.45) is -14.1. The number of aliphatic hydroxyl groups excluding tert-OH is 1. The van der Waals surface area contributed by atoms with E-state index in [1.54, 1.807) is 6.92 Å². The Bertz CT molecular complexity index is 4630. The van der Waals surface area contributed by atoms with Gasteiger partial charge in [-0.3, -0.25) is 108 Å². The Morgan fingerprint density at radius 2 is 0.604 bits per heavy atom. The van der Waals surface area contributed by atoms with E-state index in [1.165, 1.54) is 65.6 Å². The van der Waals surface area contributed by atoms with Crippen molar-refractivity contribution in [1.82, 2.24) is 47.8 Å². The van der Waals surface area contributed by atoms with Crippen LogP contribution in [0, 0.1) is 34.6 Å². The maximum absolute atomic E-state index is 14.5. The summed E-state index contributed by atoms with van der Waals surface area (Å²) in [5, 5.41) is 10.9. The third-order valence-electron chi connectivity index (χ3n) is 16.0. The number of nitrogens with one attached hydrogen (secondary N) is 5. The van der Waals surface area contributed by atoms with Gasteiger partial charge in [-0.05, 0) is 41.5 Å². The monoisotopic (exact) mass is 1510 g/mol. The average molecular weight is 1510 g/mol. The SMILES string of the molecule is Cc1cn([C@H]2C[C@H](O[P@](=O)(S)OC[C@H]3O[C@@H](n4cc(C)c(=O)[nH]c4=O)C[C@@H]3O[P@](=O)(S)OC[C@H]3O[C@@H](n4cc(C)c(=O)[nH]c4=O)C[C@@H]3O[P@](=O)(S)OC[C@H]3O[C@@H](n4cc(C)c(=O)[nH]c4=O)C[C@@H]3O[P@](=O)(S)OC[C@H]3O[C@@H](n4cc(C)c(=O)[nH]c4=O)C[C@@H]3O)[C@@H](C)O2)c(=O)[nH]c1=O. The molecule has 5 aliphatic heterocycles. The Morgan fingerprint density at radius 3 is 0.885 bits per heavy atom. The molecule has 10 rings (SSSR count). The molecule has 46 heteroatoms. The predicted octanol–water partition coefficient (Wildman–Crippen LogP) is 1.86. The molecular weight excluding hydrogens is 1440 g/mol. The summed E-state index contributed by atoms with van der Waals surface area (Å²) in [5.74, 6) is 0. The first kappa shape index (κ1) is 73.9. The van der Waals surface area contributed by atoms with Crippen LogP contribution < -0.4 is 56.2 Å². The highest BCUT2D eigenvalue weighted by Crippen LogP contribution is 2.61. The average Bonchev–Trinajstić information content (AvgIpc) is 1.63. The molecule has 10 heterocycles. The Hall–Kier alpha value is -4.84. The highest BCUT2D eigenvalue weighted by Gasteiger charge is 2.49. The van der Waals surface area contributed by atoms with Crippen molar-refractivity contribution >= 4 is 76.2 Å². The fourth-order valence-corrected chi connectivity index (χ4v) is 17.1. The topological polar surface area (TPSA) is 483 Å². The van der Waals surface area contributed by atoms with E-state index in [0.29, 0.717) is 0 Å². The molecule has 6 N–H and O–H groups in total. The Kier molecular flexibility index (Phi) is 22.6. The van der Waals surface area contributed by atoms with Gasteiger partial charge in [0, 0.05) is 90.9 Å². The molecule has 0 saturated carbocycles. The van der Waals surface area contributed by atoms with Gasteiger partial charge in [-0.25, -0.2) is 42.2 Å². The van der Waals surface area contributed by atoms with Crippen molar-refractivity contribution in [3.05, 3.63) is 163 Å². The molecule has 5 aromatic rings. The van der Waals surface area contributed by atoms with Gasteiger partial charge in [0.1, 0.15) is 73.9 Å². The van der Waals surface area contributed by atoms with Gasteiger partial charge in [0.05, 0.1) is 44.7 Å². The molecule has 0 amide bonds. The number of hydrogen-bond donors (Lipinski definition) is 10. The van der Waals surface area contributed by atoms with Crippen molar-refractivity contribution in [3.8, 4) is 0 Å². The summed E-state index contributed by atoms with van der Waals surface area (Å²) < 4.78 is 138. The third kappa shape index (κ3) is 17.5. The second kappa shape index (κ2) is 29.4. The van der Waals surface area contributed by atoms with E-state index in [2.05, 4.69) is 73.9 Å². The molecule has 0 aliphatic carbocycles.